The maximum atomic E-state index is 8.60. The van der Waals surface area contributed by atoms with Crippen LogP contribution in [0.2, 0.25) is 0 Å². The molecule has 0 spiro atoms. The van der Waals surface area contributed by atoms with E-state index in [9.17, 15) is 0 Å². The number of nitrogens with zero attached hydrogens (tertiary/aromatic N) is 1. The number of nitrogens with two attached hydrogens (primary N) is 1. The Balaban J connectivity index is 2.06. The second kappa shape index (κ2) is 6.99. The molecular formula is C15H15BrN2O3. The Labute approximate surface area is 131 Å². The largest absolute Gasteiger partial charge is 0.497 e. The van der Waals surface area contributed by atoms with Gasteiger partial charge in [-0.1, -0.05) is 21.1 Å². The van der Waals surface area contributed by atoms with Gasteiger partial charge in [-0.15, -0.1) is 0 Å². The van der Waals surface area contributed by atoms with E-state index in [1.165, 1.54) is 0 Å². The van der Waals surface area contributed by atoms with E-state index in [1.54, 1.807) is 31.4 Å². The lowest BCUT2D eigenvalue weighted by atomic mass is 10.2. The molecule has 2 aromatic carbocycles. The van der Waals surface area contributed by atoms with Gasteiger partial charge in [-0.25, -0.2) is 0 Å². The molecule has 21 heavy (non-hydrogen) atoms. The molecule has 0 amide bonds. The fraction of sp³-hybridized carbons (Fsp3) is 0.133. The number of rotatable bonds is 5. The van der Waals surface area contributed by atoms with Crippen LogP contribution in [0.5, 0.6) is 11.5 Å². The highest BCUT2D eigenvalue weighted by Gasteiger charge is 2.04. The van der Waals surface area contributed by atoms with E-state index in [-0.39, 0.29) is 5.84 Å². The highest BCUT2D eigenvalue weighted by Crippen LogP contribution is 2.24. The van der Waals surface area contributed by atoms with Crippen molar-refractivity contribution in [2.24, 2.45) is 10.9 Å². The average Bonchev–Trinajstić information content (AvgIpc) is 2.54. The number of amidine groups is 1. The zero-order valence-corrected chi connectivity index (χ0v) is 13.0. The van der Waals surface area contributed by atoms with E-state index in [4.69, 9.17) is 20.4 Å². The van der Waals surface area contributed by atoms with Crippen LogP contribution in [0.3, 0.4) is 0 Å². The minimum Gasteiger partial charge on any atom is -0.497 e. The fourth-order valence-electron chi connectivity index (χ4n) is 1.73. The summed E-state index contributed by atoms with van der Waals surface area (Å²) in [6.45, 7) is 0.403. The SMILES string of the molecule is COc1ccc(Br)c(COc2ccc(C(N)=NO)cc2)c1. The quantitative estimate of drug-likeness (QED) is 0.376. The normalized spacial score (nSPS) is 11.2. The van der Waals surface area contributed by atoms with Gasteiger partial charge in [0.05, 0.1) is 7.11 Å². The Bertz CT molecular complexity index is 642. The summed E-state index contributed by atoms with van der Waals surface area (Å²) >= 11 is 3.48. The molecule has 2 rings (SSSR count). The Morgan fingerprint density at radius 2 is 1.86 bits per heavy atom. The molecule has 0 atom stereocenters. The predicted octanol–water partition coefficient (Wildman–Crippen LogP) is 3.13. The van der Waals surface area contributed by atoms with Crippen molar-refractivity contribution < 1.29 is 14.7 Å². The van der Waals surface area contributed by atoms with Crippen LogP contribution in [0.1, 0.15) is 11.1 Å². The number of ether oxygens (including phenoxy) is 2. The van der Waals surface area contributed by atoms with E-state index in [1.807, 2.05) is 18.2 Å². The van der Waals surface area contributed by atoms with Crippen LogP contribution < -0.4 is 15.2 Å². The molecule has 0 aliphatic heterocycles. The average molecular weight is 351 g/mol. The first-order valence-corrected chi connectivity index (χ1v) is 6.96. The van der Waals surface area contributed by atoms with Gasteiger partial charge in [-0.05, 0) is 42.5 Å². The van der Waals surface area contributed by atoms with E-state index < -0.39 is 0 Å². The van der Waals surface area contributed by atoms with E-state index in [0.29, 0.717) is 17.9 Å². The predicted molar refractivity (Wildman–Crippen MR) is 84.0 cm³/mol. The Kier molecular flexibility index (Phi) is 5.05. The summed E-state index contributed by atoms with van der Waals surface area (Å²) < 4.78 is 11.9. The molecule has 0 aliphatic rings. The molecule has 5 nitrogen and oxygen atoms in total. The molecule has 0 aliphatic carbocycles. The van der Waals surface area contributed by atoms with Gasteiger partial charge in [0, 0.05) is 15.6 Å². The number of hydrogen-bond donors (Lipinski definition) is 2. The topological polar surface area (TPSA) is 77.1 Å². The first kappa shape index (κ1) is 15.2. The lowest BCUT2D eigenvalue weighted by molar-refractivity contribution is 0.304. The Morgan fingerprint density at radius 1 is 1.19 bits per heavy atom. The summed E-state index contributed by atoms with van der Waals surface area (Å²) in [6, 6.07) is 12.7. The summed E-state index contributed by atoms with van der Waals surface area (Å²) in [4.78, 5) is 0. The minimum atomic E-state index is 0.0668. The maximum Gasteiger partial charge on any atom is 0.170 e. The van der Waals surface area contributed by atoms with Crippen LogP contribution >= 0.6 is 15.9 Å². The molecule has 0 saturated carbocycles. The van der Waals surface area contributed by atoms with Crippen LogP contribution in [0.25, 0.3) is 0 Å². The zero-order chi connectivity index (χ0) is 15.2. The minimum absolute atomic E-state index is 0.0668. The first-order valence-electron chi connectivity index (χ1n) is 6.17. The number of oxime groups is 1. The molecule has 3 N–H and O–H groups in total. The van der Waals surface area contributed by atoms with Crippen LogP contribution in [-0.2, 0) is 6.61 Å². The van der Waals surface area contributed by atoms with Crippen molar-refractivity contribution in [3.63, 3.8) is 0 Å². The smallest absolute Gasteiger partial charge is 0.170 e. The van der Waals surface area contributed by atoms with Crippen molar-refractivity contribution in [2.45, 2.75) is 6.61 Å². The van der Waals surface area contributed by atoms with Crippen molar-refractivity contribution in [1.82, 2.24) is 0 Å². The molecule has 0 aromatic heterocycles. The van der Waals surface area contributed by atoms with Gasteiger partial charge in [0.2, 0.25) is 0 Å². The van der Waals surface area contributed by atoms with Gasteiger partial charge in [-0.2, -0.15) is 0 Å². The third kappa shape index (κ3) is 3.88. The number of benzene rings is 2. The molecular weight excluding hydrogens is 336 g/mol. The van der Waals surface area contributed by atoms with Crippen molar-refractivity contribution in [3.05, 3.63) is 58.1 Å². The molecule has 0 saturated heterocycles. The van der Waals surface area contributed by atoms with Crippen molar-refractivity contribution >= 4 is 21.8 Å². The van der Waals surface area contributed by atoms with Gasteiger partial charge in [0.15, 0.2) is 5.84 Å². The second-order valence-corrected chi connectivity index (χ2v) is 5.11. The highest BCUT2D eigenvalue weighted by molar-refractivity contribution is 9.10. The van der Waals surface area contributed by atoms with Gasteiger partial charge in [0.1, 0.15) is 18.1 Å². The summed E-state index contributed by atoms with van der Waals surface area (Å²) in [5, 5.41) is 11.6. The van der Waals surface area contributed by atoms with Gasteiger partial charge >= 0.3 is 0 Å². The Hall–Kier alpha value is -2.21. The van der Waals surface area contributed by atoms with Crippen LogP contribution in [0.4, 0.5) is 0 Å². The molecule has 0 bridgehead atoms. The second-order valence-electron chi connectivity index (χ2n) is 4.26. The number of halogens is 1. The van der Waals surface area contributed by atoms with Crippen LogP contribution in [-0.4, -0.2) is 18.2 Å². The molecule has 6 heteroatoms. The fourth-order valence-corrected chi connectivity index (χ4v) is 2.09. The van der Waals surface area contributed by atoms with Crippen molar-refractivity contribution in [1.29, 1.82) is 0 Å². The maximum absolute atomic E-state index is 8.60. The van der Waals surface area contributed by atoms with Gasteiger partial charge < -0.3 is 20.4 Å². The molecule has 0 unspecified atom stereocenters. The third-order valence-corrected chi connectivity index (χ3v) is 3.68. The molecule has 0 fully saturated rings. The van der Waals surface area contributed by atoms with Crippen LogP contribution in [0, 0.1) is 0 Å². The van der Waals surface area contributed by atoms with Crippen molar-refractivity contribution in [2.75, 3.05) is 7.11 Å². The zero-order valence-electron chi connectivity index (χ0n) is 11.4. The summed E-state index contributed by atoms with van der Waals surface area (Å²) in [7, 11) is 1.62. The lowest BCUT2D eigenvalue weighted by Crippen LogP contribution is -2.12. The lowest BCUT2D eigenvalue weighted by Gasteiger charge is -2.10. The standard InChI is InChI=1S/C15H15BrN2O3/c1-20-13-6-7-14(16)11(8-13)9-21-12-4-2-10(3-5-12)15(17)18-19/h2-8,19H,9H2,1H3,(H2,17,18). The van der Waals surface area contributed by atoms with Crippen LogP contribution in [0.15, 0.2) is 52.1 Å². The molecule has 0 radical (unpaired) electrons. The number of hydrogen-bond acceptors (Lipinski definition) is 4. The van der Waals surface area contributed by atoms with Crippen molar-refractivity contribution in [3.8, 4) is 11.5 Å². The molecule has 110 valence electrons. The Morgan fingerprint density at radius 3 is 2.48 bits per heavy atom. The number of methoxy groups -OCH3 is 1. The molecule has 0 heterocycles. The first-order chi connectivity index (χ1) is 10.1. The summed E-state index contributed by atoms with van der Waals surface area (Å²) in [6.07, 6.45) is 0. The highest BCUT2D eigenvalue weighted by atomic mass is 79.9. The monoisotopic (exact) mass is 350 g/mol. The summed E-state index contributed by atoms with van der Waals surface area (Å²) in [5.74, 6) is 1.54. The van der Waals surface area contributed by atoms with Gasteiger partial charge in [0.25, 0.3) is 0 Å². The third-order valence-electron chi connectivity index (χ3n) is 2.91. The van der Waals surface area contributed by atoms with Gasteiger partial charge in [-0.3, -0.25) is 0 Å². The summed E-state index contributed by atoms with van der Waals surface area (Å²) in [5.41, 5.74) is 7.11. The van der Waals surface area contributed by atoms with E-state index >= 15 is 0 Å². The van der Waals surface area contributed by atoms with E-state index in [0.717, 1.165) is 15.8 Å². The molecule has 2 aromatic rings. The van der Waals surface area contributed by atoms with E-state index in [2.05, 4.69) is 21.1 Å².